The number of hydrogen-bond acceptors (Lipinski definition) is 3. The summed E-state index contributed by atoms with van der Waals surface area (Å²) in [5, 5.41) is 3.32. The van der Waals surface area contributed by atoms with Crippen molar-refractivity contribution in [2.45, 2.75) is 12.8 Å². The first-order valence-electron chi connectivity index (χ1n) is 4.41. The maximum atomic E-state index is 11.2. The van der Waals surface area contributed by atoms with Crippen molar-refractivity contribution in [2.24, 2.45) is 10.3 Å². The highest BCUT2D eigenvalue weighted by molar-refractivity contribution is 7.92. The van der Waals surface area contributed by atoms with Gasteiger partial charge in [-0.1, -0.05) is 0 Å². The fourth-order valence-electron chi connectivity index (χ4n) is 1.36. The van der Waals surface area contributed by atoms with Crippen molar-refractivity contribution >= 4 is 34.5 Å². The predicted molar refractivity (Wildman–Crippen MR) is 67.4 cm³/mol. The maximum absolute atomic E-state index is 11.2. The van der Waals surface area contributed by atoms with Crippen molar-refractivity contribution in [3.63, 3.8) is 0 Å². The van der Waals surface area contributed by atoms with Crippen molar-refractivity contribution in [3.05, 3.63) is 0 Å². The second-order valence-electron chi connectivity index (χ2n) is 3.71. The molecule has 0 saturated carbocycles. The Balaban J connectivity index is 0. The first-order chi connectivity index (χ1) is 5.58. The lowest BCUT2D eigenvalue weighted by Crippen LogP contribution is -2.31. The van der Waals surface area contributed by atoms with Crippen LogP contribution in [0, 0.1) is 5.92 Å². The van der Waals surface area contributed by atoms with Crippen molar-refractivity contribution in [2.75, 3.05) is 32.1 Å². The highest BCUT2D eigenvalue weighted by Gasteiger charge is 2.11. The van der Waals surface area contributed by atoms with E-state index < -0.39 is 9.73 Å². The Hall–Kier alpha value is 0.490. The SMILES string of the molecule is CS(C)(=O)=NCC1CCCNC1.Cl.Cl. The third-order valence-corrected chi connectivity index (χ3v) is 2.81. The van der Waals surface area contributed by atoms with E-state index in [-0.39, 0.29) is 24.8 Å². The molecule has 14 heavy (non-hydrogen) atoms. The molecule has 0 aliphatic carbocycles. The van der Waals surface area contributed by atoms with Gasteiger partial charge in [-0.05, 0) is 31.8 Å². The molecule has 3 nitrogen and oxygen atoms in total. The maximum Gasteiger partial charge on any atom is 0.0524 e. The summed E-state index contributed by atoms with van der Waals surface area (Å²) in [6.07, 6.45) is 5.85. The molecule has 0 aromatic carbocycles. The third kappa shape index (κ3) is 7.85. The molecule has 0 bridgehead atoms. The number of nitrogens with one attached hydrogen (secondary N) is 1. The molecule has 1 aliphatic heterocycles. The smallest absolute Gasteiger partial charge is 0.0524 e. The van der Waals surface area contributed by atoms with E-state index in [9.17, 15) is 4.21 Å². The summed E-state index contributed by atoms with van der Waals surface area (Å²) >= 11 is 0. The van der Waals surface area contributed by atoms with Gasteiger partial charge in [0.2, 0.25) is 0 Å². The van der Waals surface area contributed by atoms with Gasteiger partial charge in [-0.15, -0.1) is 24.8 Å². The molecule has 88 valence electrons. The van der Waals surface area contributed by atoms with Gasteiger partial charge in [0.15, 0.2) is 0 Å². The number of halogens is 2. The molecule has 1 saturated heterocycles. The van der Waals surface area contributed by atoms with Gasteiger partial charge in [0.1, 0.15) is 0 Å². The zero-order chi connectivity index (χ0) is 9.03. The molecule has 0 radical (unpaired) electrons. The van der Waals surface area contributed by atoms with E-state index in [2.05, 4.69) is 9.68 Å². The third-order valence-electron chi connectivity index (χ3n) is 2.04. The van der Waals surface area contributed by atoms with Crippen LogP contribution in [0.3, 0.4) is 0 Å². The zero-order valence-electron chi connectivity index (χ0n) is 8.69. The molecular formula is C8H20Cl2N2OS. The van der Waals surface area contributed by atoms with Crippen LogP contribution in [0.1, 0.15) is 12.8 Å². The molecule has 1 unspecified atom stereocenters. The van der Waals surface area contributed by atoms with E-state index >= 15 is 0 Å². The summed E-state index contributed by atoms with van der Waals surface area (Å²) in [6, 6.07) is 0. The number of nitrogens with zero attached hydrogens (tertiary/aromatic N) is 1. The van der Waals surface area contributed by atoms with Gasteiger partial charge in [0.05, 0.1) is 6.54 Å². The molecule has 1 N–H and O–H groups in total. The fourth-order valence-corrected chi connectivity index (χ4v) is 1.93. The normalized spacial score (nSPS) is 21.7. The standard InChI is InChI=1S/C8H18N2OS.2ClH/c1-12(2,11)10-7-8-4-3-5-9-6-8;;/h8-9H,3-7H2,1-2H3;2*1H. The van der Waals surface area contributed by atoms with E-state index in [1.165, 1.54) is 12.8 Å². The molecular weight excluding hydrogens is 243 g/mol. The molecule has 1 heterocycles. The van der Waals surface area contributed by atoms with Crippen LogP contribution in [0.4, 0.5) is 0 Å². The van der Waals surface area contributed by atoms with E-state index in [0.29, 0.717) is 5.92 Å². The van der Waals surface area contributed by atoms with Crippen LogP contribution in [0.2, 0.25) is 0 Å². The van der Waals surface area contributed by atoms with Crippen LogP contribution < -0.4 is 5.32 Å². The number of rotatable bonds is 2. The summed E-state index contributed by atoms with van der Waals surface area (Å²) in [4.78, 5) is 0. The Labute approximate surface area is 99.4 Å². The van der Waals surface area contributed by atoms with Crippen LogP contribution in [0.5, 0.6) is 0 Å². The molecule has 0 aromatic heterocycles. The lowest BCUT2D eigenvalue weighted by molar-refractivity contribution is 0.387. The summed E-state index contributed by atoms with van der Waals surface area (Å²) in [5.74, 6) is 0.611. The highest BCUT2D eigenvalue weighted by atomic mass is 35.5. The fraction of sp³-hybridized carbons (Fsp3) is 1.00. The average Bonchev–Trinajstić information content (AvgIpc) is 2.02. The van der Waals surface area contributed by atoms with Gasteiger partial charge in [0.25, 0.3) is 0 Å². The van der Waals surface area contributed by atoms with Crippen LogP contribution in [0.15, 0.2) is 4.36 Å². The topological polar surface area (TPSA) is 41.5 Å². The quantitative estimate of drug-likeness (QED) is 0.821. The number of piperidine rings is 1. The van der Waals surface area contributed by atoms with E-state index in [1.807, 2.05) is 0 Å². The minimum Gasteiger partial charge on any atom is -0.316 e. The lowest BCUT2D eigenvalue weighted by atomic mass is 10.0. The van der Waals surface area contributed by atoms with Crippen LogP contribution in [-0.4, -0.2) is 36.4 Å². The van der Waals surface area contributed by atoms with Crippen molar-refractivity contribution in [1.82, 2.24) is 5.32 Å². The van der Waals surface area contributed by atoms with Crippen LogP contribution in [0.25, 0.3) is 0 Å². The Bertz CT molecular complexity index is 238. The van der Waals surface area contributed by atoms with Gasteiger partial charge in [0, 0.05) is 22.2 Å². The first-order valence-corrected chi connectivity index (χ1v) is 6.75. The Morgan fingerprint density at radius 1 is 1.43 bits per heavy atom. The van der Waals surface area contributed by atoms with Crippen molar-refractivity contribution in [1.29, 1.82) is 0 Å². The Kier molecular flexibility index (Phi) is 9.34. The first kappa shape index (κ1) is 16.9. The molecule has 1 rings (SSSR count). The summed E-state index contributed by atoms with van der Waals surface area (Å²) < 4.78 is 15.4. The van der Waals surface area contributed by atoms with Gasteiger partial charge >= 0.3 is 0 Å². The van der Waals surface area contributed by atoms with Crippen LogP contribution >= 0.6 is 24.8 Å². The van der Waals surface area contributed by atoms with Crippen molar-refractivity contribution < 1.29 is 4.21 Å². The van der Waals surface area contributed by atoms with E-state index in [4.69, 9.17) is 0 Å². The molecule has 0 aromatic rings. The lowest BCUT2D eigenvalue weighted by Gasteiger charge is -2.20. The van der Waals surface area contributed by atoms with E-state index in [1.54, 1.807) is 12.5 Å². The second kappa shape index (κ2) is 7.74. The summed E-state index contributed by atoms with van der Waals surface area (Å²) in [6.45, 7) is 2.93. The monoisotopic (exact) mass is 262 g/mol. The average molecular weight is 263 g/mol. The molecule has 1 fully saturated rings. The zero-order valence-corrected chi connectivity index (χ0v) is 11.1. The molecule has 1 atom stereocenters. The Morgan fingerprint density at radius 2 is 2.07 bits per heavy atom. The number of hydrogen-bond donors (Lipinski definition) is 1. The second-order valence-corrected chi connectivity index (χ2v) is 6.33. The molecule has 1 aliphatic rings. The minimum absolute atomic E-state index is 0. The minimum atomic E-state index is -1.88. The molecule has 6 heteroatoms. The Morgan fingerprint density at radius 3 is 2.50 bits per heavy atom. The highest BCUT2D eigenvalue weighted by Crippen LogP contribution is 2.10. The van der Waals surface area contributed by atoms with Crippen molar-refractivity contribution in [3.8, 4) is 0 Å². The van der Waals surface area contributed by atoms with Gasteiger partial charge in [-0.2, -0.15) is 0 Å². The summed E-state index contributed by atoms with van der Waals surface area (Å²) in [7, 11) is -1.88. The predicted octanol–water partition coefficient (Wildman–Crippen LogP) is 1.56. The van der Waals surface area contributed by atoms with E-state index in [0.717, 1.165) is 19.6 Å². The van der Waals surface area contributed by atoms with Gasteiger partial charge in [-0.25, -0.2) is 4.36 Å². The van der Waals surface area contributed by atoms with Crippen LogP contribution in [-0.2, 0) is 9.73 Å². The van der Waals surface area contributed by atoms with Gasteiger partial charge in [-0.3, -0.25) is 4.21 Å². The largest absolute Gasteiger partial charge is 0.316 e. The molecule has 0 spiro atoms. The van der Waals surface area contributed by atoms with Gasteiger partial charge < -0.3 is 5.32 Å². The summed E-state index contributed by atoms with van der Waals surface area (Å²) in [5.41, 5.74) is 0. The molecule has 0 amide bonds.